The average molecular weight is 414 g/mol. The summed E-state index contributed by atoms with van der Waals surface area (Å²) in [7, 11) is 1.79. The zero-order chi connectivity index (χ0) is 19.8. The number of hydrogen-bond donors (Lipinski definition) is 3. The van der Waals surface area contributed by atoms with Gasteiger partial charge >= 0.3 is 0 Å². The minimum atomic E-state index is -0.371. The van der Waals surface area contributed by atoms with Gasteiger partial charge in [-0.15, -0.1) is 10.2 Å². The molecule has 0 saturated carbocycles. The largest absolute Gasteiger partial charge is 0.382 e. The van der Waals surface area contributed by atoms with Crippen molar-refractivity contribution < 1.29 is 9.53 Å². The molecule has 1 aromatic carbocycles. The number of likely N-dealkylation sites (N-methyl/N-ethyl adjacent to an activating group) is 1. The van der Waals surface area contributed by atoms with Crippen molar-refractivity contribution in [2.24, 2.45) is 5.73 Å². The molecule has 1 heterocycles. The highest BCUT2D eigenvalue weighted by Crippen LogP contribution is 2.34. The smallest absolute Gasteiger partial charge is 0.244 e. The molecule has 9 nitrogen and oxygen atoms in total. The van der Waals surface area contributed by atoms with Gasteiger partial charge in [0.05, 0.1) is 29.8 Å². The fraction of sp³-hybridized carbons (Fsp3) is 0.375. The number of benzene rings is 1. The van der Waals surface area contributed by atoms with Gasteiger partial charge in [-0.05, 0) is 13.1 Å². The Morgan fingerprint density at radius 3 is 2.78 bits per heavy atom. The standard InChI is InChI=1S/C16H21Cl2N7O2/c1-25(9-12(19)26)6-8-27-7-5-21-16-22-15(20)14(23-24-16)10-3-2-4-11(17)13(10)18/h2-4H,5-9H2,1H3,(H2,19,26)(H3,20,21,22,24). The van der Waals surface area contributed by atoms with Gasteiger partial charge in [-0.3, -0.25) is 9.69 Å². The molecule has 0 radical (unpaired) electrons. The molecule has 1 aromatic heterocycles. The Kier molecular flexibility index (Phi) is 7.99. The summed E-state index contributed by atoms with van der Waals surface area (Å²) in [4.78, 5) is 16.7. The van der Waals surface area contributed by atoms with E-state index in [1.807, 2.05) is 0 Å². The summed E-state index contributed by atoms with van der Waals surface area (Å²) in [5.74, 6) is 0.0958. The molecule has 0 fully saturated rings. The number of aromatic nitrogens is 3. The lowest BCUT2D eigenvalue weighted by atomic mass is 10.1. The van der Waals surface area contributed by atoms with Crippen LogP contribution < -0.4 is 16.8 Å². The van der Waals surface area contributed by atoms with Gasteiger partial charge in [0.1, 0.15) is 5.69 Å². The number of nitrogens with two attached hydrogens (primary N) is 2. The predicted molar refractivity (Wildman–Crippen MR) is 106 cm³/mol. The van der Waals surface area contributed by atoms with Gasteiger partial charge in [0.2, 0.25) is 11.9 Å². The number of anilines is 2. The number of amides is 1. The molecule has 0 unspecified atom stereocenters. The normalized spacial score (nSPS) is 11.0. The Morgan fingerprint density at radius 1 is 1.30 bits per heavy atom. The Morgan fingerprint density at radius 2 is 2.07 bits per heavy atom. The van der Waals surface area contributed by atoms with E-state index in [4.69, 9.17) is 39.4 Å². The number of carbonyl (C=O) groups excluding carboxylic acids is 1. The quantitative estimate of drug-likeness (QED) is 0.495. The van der Waals surface area contributed by atoms with Gasteiger partial charge in [-0.25, -0.2) is 0 Å². The van der Waals surface area contributed by atoms with Crippen LogP contribution in [-0.4, -0.2) is 65.9 Å². The second-order valence-corrected chi connectivity index (χ2v) is 6.50. The molecule has 0 aliphatic heterocycles. The van der Waals surface area contributed by atoms with Crippen LogP contribution in [0.25, 0.3) is 11.3 Å². The van der Waals surface area contributed by atoms with E-state index in [1.165, 1.54) is 0 Å². The van der Waals surface area contributed by atoms with Gasteiger partial charge in [-0.2, -0.15) is 4.98 Å². The highest BCUT2D eigenvalue weighted by Gasteiger charge is 2.13. The minimum Gasteiger partial charge on any atom is -0.382 e. The van der Waals surface area contributed by atoms with Crippen molar-refractivity contribution >= 4 is 40.9 Å². The van der Waals surface area contributed by atoms with Crippen LogP contribution >= 0.6 is 23.2 Å². The predicted octanol–water partition coefficient (Wildman–Crippen LogP) is 1.27. The summed E-state index contributed by atoms with van der Waals surface area (Å²) >= 11 is 12.2. The topological polar surface area (TPSA) is 132 Å². The van der Waals surface area contributed by atoms with Crippen molar-refractivity contribution in [3.63, 3.8) is 0 Å². The lowest BCUT2D eigenvalue weighted by Crippen LogP contribution is -2.33. The van der Waals surface area contributed by atoms with Crippen LogP contribution in [0.3, 0.4) is 0 Å². The lowest BCUT2D eigenvalue weighted by Gasteiger charge is -2.14. The van der Waals surface area contributed by atoms with E-state index in [2.05, 4.69) is 20.5 Å². The zero-order valence-corrected chi connectivity index (χ0v) is 16.3. The summed E-state index contributed by atoms with van der Waals surface area (Å²) < 4.78 is 5.46. The van der Waals surface area contributed by atoms with Gasteiger partial charge in [0, 0.05) is 18.7 Å². The van der Waals surface area contributed by atoms with E-state index in [0.717, 1.165) is 0 Å². The van der Waals surface area contributed by atoms with E-state index in [9.17, 15) is 4.79 Å². The van der Waals surface area contributed by atoms with E-state index < -0.39 is 0 Å². The molecular formula is C16H21Cl2N7O2. The number of carbonyl (C=O) groups is 1. The third-order valence-electron chi connectivity index (χ3n) is 3.49. The molecule has 0 saturated heterocycles. The molecular weight excluding hydrogens is 393 g/mol. The maximum absolute atomic E-state index is 10.8. The number of nitrogen functional groups attached to an aromatic ring is 1. The molecule has 0 aliphatic rings. The van der Waals surface area contributed by atoms with Crippen molar-refractivity contribution in [2.45, 2.75) is 0 Å². The Balaban J connectivity index is 1.81. The first-order valence-corrected chi connectivity index (χ1v) is 8.87. The van der Waals surface area contributed by atoms with Crippen molar-refractivity contribution in [1.29, 1.82) is 0 Å². The van der Waals surface area contributed by atoms with E-state index in [-0.39, 0.29) is 24.2 Å². The van der Waals surface area contributed by atoms with Gasteiger partial charge in [0.25, 0.3) is 0 Å². The first kappa shape index (κ1) is 21.1. The van der Waals surface area contributed by atoms with Crippen molar-refractivity contribution in [3.8, 4) is 11.3 Å². The van der Waals surface area contributed by atoms with Crippen LogP contribution in [0.15, 0.2) is 18.2 Å². The molecule has 2 rings (SSSR count). The van der Waals surface area contributed by atoms with Crippen LogP contribution in [0.5, 0.6) is 0 Å². The van der Waals surface area contributed by atoms with Crippen molar-refractivity contribution in [1.82, 2.24) is 20.1 Å². The van der Waals surface area contributed by atoms with E-state index in [1.54, 1.807) is 30.1 Å². The minimum absolute atomic E-state index is 0.186. The number of nitrogens with one attached hydrogen (secondary N) is 1. The summed E-state index contributed by atoms with van der Waals surface area (Å²) in [5.41, 5.74) is 12.0. The molecule has 146 valence electrons. The fourth-order valence-corrected chi connectivity index (χ4v) is 2.58. The highest BCUT2D eigenvalue weighted by molar-refractivity contribution is 6.43. The highest BCUT2D eigenvalue weighted by atomic mass is 35.5. The molecule has 27 heavy (non-hydrogen) atoms. The van der Waals surface area contributed by atoms with Crippen LogP contribution in [-0.2, 0) is 9.53 Å². The number of primary amides is 1. The number of hydrogen-bond acceptors (Lipinski definition) is 8. The first-order chi connectivity index (χ1) is 12.9. The SMILES string of the molecule is CN(CCOCCNc1nnc(-c2cccc(Cl)c2Cl)c(N)n1)CC(N)=O. The summed E-state index contributed by atoms with van der Waals surface area (Å²) in [6, 6.07) is 5.16. The van der Waals surface area contributed by atoms with Crippen LogP contribution in [0.1, 0.15) is 0 Å². The maximum Gasteiger partial charge on any atom is 0.244 e. The van der Waals surface area contributed by atoms with Gasteiger partial charge in [0.15, 0.2) is 5.82 Å². The zero-order valence-electron chi connectivity index (χ0n) is 14.8. The van der Waals surface area contributed by atoms with Gasteiger partial charge < -0.3 is 21.5 Å². The summed E-state index contributed by atoms with van der Waals surface area (Å²) in [5, 5.41) is 11.8. The fourth-order valence-electron chi connectivity index (χ4n) is 2.19. The molecule has 5 N–H and O–H groups in total. The molecule has 11 heteroatoms. The Bertz CT molecular complexity index is 791. The summed E-state index contributed by atoms with van der Waals surface area (Å²) in [6.07, 6.45) is 0. The third kappa shape index (κ3) is 6.47. The number of rotatable bonds is 10. The van der Waals surface area contributed by atoms with Crippen LogP contribution in [0.4, 0.5) is 11.8 Å². The average Bonchev–Trinajstić information content (AvgIpc) is 2.60. The number of halogens is 2. The monoisotopic (exact) mass is 413 g/mol. The second kappa shape index (κ2) is 10.2. The Labute approximate surface area is 167 Å². The summed E-state index contributed by atoms with van der Waals surface area (Å²) in [6.45, 7) is 2.17. The van der Waals surface area contributed by atoms with Crippen molar-refractivity contribution in [2.75, 3.05) is 50.9 Å². The van der Waals surface area contributed by atoms with E-state index >= 15 is 0 Å². The maximum atomic E-state index is 10.8. The van der Waals surface area contributed by atoms with Crippen LogP contribution in [0, 0.1) is 0 Å². The van der Waals surface area contributed by atoms with Crippen LogP contribution in [0.2, 0.25) is 10.0 Å². The second-order valence-electron chi connectivity index (χ2n) is 5.71. The number of nitrogens with zero attached hydrogens (tertiary/aromatic N) is 4. The molecule has 0 atom stereocenters. The first-order valence-electron chi connectivity index (χ1n) is 8.11. The number of ether oxygens (including phenoxy) is 1. The third-order valence-corrected chi connectivity index (χ3v) is 4.31. The molecule has 2 aromatic rings. The van der Waals surface area contributed by atoms with Gasteiger partial charge in [-0.1, -0.05) is 35.3 Å². The lowest BCUT2D eigenvalue weighted by molar-refractivity contribution is -0.119. The Hall–Kier alpha value is -2.20. The molecule has 0 spiro atoms. The molecule has 0 aliphatic carbocycles. The molecule has 1 amide bonds. The molecule has 0 bridgehead atoms. The van der Waals surface area contributed by atoms with E-state index in [0.29, 0.717) is 47.6 Å². The van der Waals surface area contributed by atoms with Crippen molar-refractivity contribution in [3.05, 3.63) is 28.2 Å².